The molecule has 0 bridgehead atoms. The number of nitrogens with zero attached hydrogens (tertiary/aromatic N) is 2. The van der Waals surface area contributed by atoms with Crippen molar-refractivity contribution >= 4 is 0 Å². The minimum Gasteiger partial charge on any atom is -0.245 e. The Kier molecular flexibility index (Phi) is 0.422. The van der Waals surface area contributed by atoms with Crippen molar-refractivity contribution in [2.75, 3.05) is 0 Å². The summed E-state index contributed by atoms with van der Waals surface area (Å²) in [5.74, 6) is 0. The molecule has 30 valence electrons. The van der Waals surface area contributed by atoms with Crippen molar-refractivity contribution < 1.29 is 2.74 Å². The predicted octanol–water partition coefficient (Wildman–Crippen LogP) is 0.477. The molecule has 1 aromatic rings. The van der Waals surface area contributed by atoms with Crippen LogP contribution in [0.25, 0.3) is 0 Å². The smallest absolute Gasteiger partial charge is 0.115 e. The Morgan fingerprint density at radius 2 is 2.00 bits per heavy atom. The minimum atomic E-state index is -0.0407. The van der Waals surface area contributed by atoms with E-state index in [4.69, 9.17) is 2.74 Å². The van der Waals surface area contributed by atoms with Crippen LogP contribution in [0, 0.1) is 0 Å². The maximum atomic E-state index is 6.88. The third-order valence-electron chi connectivity index (χ3n) is 0.394. The molecule has 0 aliphatic rings. The van der Waals surface area contributed by atoms with E-state index in [2.05, 4.69) is 9.97 Å². The largest absolute Gasteiger partial charge is 0.245 e. The van der Waals surface area contributed by atoms with Crippen molar-refractivity contribution in [1.82, 2.24) is 9.97 Å². The maximum absolute atomic E-state index is 6.88. The van der Waals surface area contributed by atoms with Crippen LogP contribution in [0.15, 0.2) is 24.7 Å². The molecule has 1 rings (SSSR count). The van der Waals surface area contributed by atoms with Gasteiger partial charge in [-0.25, -0.2) is 9.97 Å². The molecule has 0 saturated carbocycles. The monoisotopic (exact) mass is 82.1 g/mol. The van der Waals surface area contributed by atoms with Gasteiger partial charge in [0.15, 0.2) is 0 Å². The zero-order valence-electron chi connectivity index (χ0n) is 5.05. The number of hydrogen-bond donors (Lipinski definition) is 0. The average molecular weight is 82.1 g/mol. The van der Waals surface area contributed by atoms with E-state index in [1.54, 1.807) is 0 Å². The molecule has 0 aliphatic carbocycles. The topological polar surface area (TPSA) is 25.8 Å². The van der Waals surface area contributed by atoms with E-state index in [0.717, 1.165) is 0 Å². The second-order valence-corrected chi connectivity index (χ2v) is 0.783. The molecule has 2 heteroatoms. The number of hydrogen-bond acceptors (Lipinski definition) is 2. The van der Waals surface area contributed by atoms with Gasteiger partial charge in [-0.2, -0.15) is 0 Å². The molecule has 0 atom stereocenters. The van der Waals surface area contributed by atoms with Crippen LogP contribution in [-0.4, -0.2) is 9.97 Å². The van der Waals surface area contributed by atoms with Crippen LogP contribution < -0.4 is 0 Å². The molecule has 0 radical (unpaired) electrons. The van der Waals surface area contributed by atoms with E-state index in [1.807, 2.05) is 0 Å². The van der Waals surface area contributed by atoms with Gasteiger partial charge in [0.25, 0.3) is 0 Å². The standard InChI is InChI=1S/C4H4N2/c1-2-5-4-6-3-1/h1-4H/i1D,4D. The van der Waals surface area contributed by atoms with E-state index >= 15 is 0 Å². The van der Waals surface area contributed by atoms with E-state index in [9.17, 15) is 0 Å². The van der Waals surface area contributed by atoms with E-state index in [0.29, 0.717) is 0 Å². The zero-order chi connectivity index (χ0) is 5.98. The minimum absolute atomic E-state index is 0.0407. The third-order valence-corrected chi connectivity index (χ3v) is 0.394. The summed E-state index contributed by atoms with van der Waals surface area (Å²) in [5, 5.41) is 0. The van der Waals surface area contributed by atoms with Gasteiger partial charge in [0.05, 0.1) is 1.37 Å². The van der Waals surface area contributed by atoms with Crippen molar-refractivity contribution in [3.05, 3.63) is 24.7 Å². The Hall–Kier alpha value is -0.920. The zero-order valence-corrected chi connectivity index (χ0v) is 3.05. The van der Waals surface area contributed by atoms with Crippen molar-refractivity contribution in [2.45, 2.75) is 0 Å². The molecule has 0 aromatic carbocycles. The van der Waals surface area contributed by atoms with Gasteiger partial charge in [0.1, 0.15) is 7.67 Å². The lowest BCUT2D eigenvalue weighted by Crippen LogP contribution is -1.66. The highest BCUT2D eigenvalue weighted by molar-refractivity contribution is 4.74. The second kappa shape index (κ2) is 1.50. The fourth-order valence-corrected chi connectivity index (χ4v) is 0.199. The van der Waals surface area contributed by atoms with Gasteiger partial charge in [-0.1, -0.05) is 0 Å². The van der Waals surface area contributed by atoms with Gasteiger partial charge in [-0.15, -0.1) is 0 Å². The molecule has 0 amide bonds. The molecular formula is C4H4N2. The molecule has 0 spiro atoms. The van der Waals surface area contributed by atoms with Crippen LogP contribution in [0.1, 0.15) is 2.74 Å². The lowest BCUT2D eigenvalue weighted by atomic mass is 10.7. The lowest BCUT2D eigenvalue weighted by Gasteiger charge is -1.70. The molecule has 2 nitrogen and oxygen atoms in total. The molecular weight excluding hydrogens is 76.1 g/mol. The van der Waals surface area contributed by atoms with Crippen LogP contribution in [0.2, 0.25) is 0 Å². The van der Waals surface area contributed by atoms with Gasteiger partial charge in [0, 0.05) is 12.4 Å². The van der Waals surface area contributed by atoms with Crippen molar-refractivity contribution in [2.24, 2.45) is 0 Å². The normalized spacial score (nSPS) is 12.7. The first kappa shape index (κ1) is 1.69. The molecule has 0 unspecified atom stereocenters. The summed E-state index contributed by atoms with van der Waals surface area (Å²) in [6.07, 6.45) is 2.53. The van der Waals surface area contributed by atoms with Gasteiger partial charge >= 0.3 is 0 Å². The van der Waals surface area contributed by atoms with E-state index in [-0.39, 0.29) is 12.3 Å². The van der Waals surface area contributed by atoms with Crippen LogP contribution in [0.4, 0.5) is 0 Å². The van der Waals surface area contributed by atoms with Gasteiger partial charge in [-0.3, -0.25) is 0 Å². The first-order valence-electron chi connectivity index (χ1n) is 2.54. The Morgan fingerprint density at radius 3 is 2.50 bits per heavy atom. The van der Waals surface area contributed by atoms with Crippen molar-refractivity contribution in [3.8, 4) is 0 Å². The second-order valence-electron chi connectivity index (χ2n) is 0.783. The maximum Gasteiger partial charge on any atom is 0.115 e. The summed E-state index contributed by atoms with van der Waals surface area (Å²) in [5.41, 5.74) is 0. The molecule has 1 heterocycles. The van der Waals surface area contributed by atoms with Crippen LogP contribution in [0.5, 0.6) is 0 Å². The van der Waals surface area contributed by atoms with Crippen LogP contribution in [-0.2, 0) is 0 Å². The van der Waals surface area contributed by atoms with Crippen molar-refractivity contribution in [3.63, 3.8) is 0 Å². The molecule has 6 heavy (non-hydrogen) atoms. The van der Waals surface area contributed by atoms with E-state index < -0.39 is 0 Å². The predicted molar refractivity (Wildman–Crippen MR) is 22.0 cm³/mol. The molecule has 0 saturated heterocycles. The summed E-state index contributed by atoms with van der Waals surface area (Å²) in [6.45, 7) is 0. The highest BCUT2D eigenvalue weighted by Crippen LogP contribution is 1.66. The fraction of sp³-hybridized carbons (Fsp3) is 0. The lowest BCUT2D eigenvalue weighted by molar-refractivity contribution is 1.17. The summed E-state index contributed by atoms with van der Waals surface area (Å²) in [6, 6.07) is 0.237. The molecule has 0 aliphatic heterocycles. The Balaban J connectivity index is 3.03. The summed E-state index contributed by atoms with van der Waals surface area (Å²) in [7, 11) is 0. The highest BCUT2D eigenvalue weighted by atomic mass is 14.8. The summed E-state index contributed by atoms with van der Waals surface area (Å²) >= 11 is 0. The average Bonchev–Trinajstić information content (AvgIpc) is 1.77. The van der Waals surface area contributed by atoms with E-state index in [1.165, 1.54) is 12.4 Å². The van der Waals surface area contributed by atoms with Gasteiger partial charge in [-0.05, 0) is 6.04 Å². The number of rotatable bonds is 0. The summed E-state index contributed by atoms with van der Waals surface area (Å²) in [4.78, 5) is 6.89. The molecule has 0 N–H and O–H groups in total. The molecule has 1 aromatic heterocycles. The fourth-order valence-electron chi connectivity index (χ4n) is 0.199. The number of aromatic nitrogens is 2. The Labute approximate surface area is 38.7 Å². The first-order valence-corrected chi connectivity index (χ1v) is 1.54. The SMILES string of the molecule is [2H]c1cnc([2H])nc1. The Morgan fingerprint density at radius 1 is 1.33 bits per heavy atom. The highest BCUT2D eigenvalue weighted by Gasteiger charge is 1.59. The van der Waals surface area contributed by atoms with Gasteiger partial charge in [0.2, 0.25) is 0 Å². The molecule has 0 fully saturated rings. The van der Waals surface area contributed by atoms with Crippen LogP contribution >= 0.6 is 0 Å². The Bertz CT molecular complexity index is 151. The summed E-state index contributed by atoms with van der Waals surface area (Å²) < 4.78 is 13.7. The van der Waals surface area contributed by atoms with Gasteiger partial charge < -0.3 is 0 Å². The quantitative estimate of drug-likeness (QED) is 0.455. The first-order chi connectivity index (χ1) is 3.79. The third kappa shape index (κ3) is 0.516. The van der Waals surface area contributed by atoms with Crippen LogP contribution in [0.3, 0.4) is 0 Å². The van der Waals surface area contributed by atoms with Crippen molar-refractivity contribution in [1.29, 1.82) is 0 Å².